The maximum absolute atomic E-state index is 14.0. The van der Waals surface area contributed by atoms with Gasteiger partial charge in [0.25, 0.3) is 5.56 Å². The minimum Gasteiger partial charge on any atom is -0.444 e. The summed E-state index contributed by atoms with van der Waals surface area (Å²) in [6.07, 6.45) is 2.96. The number of hydrogen-bond acceptors (Lipinski definition) is 8. The molecule has 2 aromatic heterocycles. The highest BCUT2D eigenvalue weighted by Crippen LogP contribution is 2.24. The van der Waals surface area contributed by atoms with E-state index in [-0.39, 0.29) is 28.8 Å². The molecule has 1 aromatic carbocycles. The van der Waals surface area contributed by atoms with Crippen LogP contribution < -0.4 is 26.8 Å². The molecule has 14 heteroatoms. The van der Waals surface area contributed by atoms with Crippen molar-refractivity contribution in [3.8, 4) is 0 Å². The standard InChI is InChI=1S/C32H44N8O6/c1-20(2)14-16-39-25-26(35-28(39)38-15-10-13-23(18-38)34-30(44)46-32(3,4)5)37(8)31(45)40(27(25)42)19-24(41)21-11-9-12-22(17-21)33-29(43)36(6)7/h9,11-12,14,17,23H,10,13,15-16,18-19H2,1-8H3,(H,33,43)(H,34,44). The van der Waals surface area contributed by atoms with E-state index in [1.165, 1.54) is 22.6 Å². The fourth-order valence-electron chi connectivity index (χ4n) is 5.18. The van der Waals surface area contributed by atoms with E-state index in [1.807, 2.05) is 24.8 Å². The van der Waals surface area contributed by atoms with E-state index < -0.39 is 35.3 Å². The van der Waals surface area contributed by atoms with Gasteiger partial charge in [0.2, 0.25) is 5.95 Å². The molecule has 3 heterocycles. The molecule has 0 radical (unpaired) electrons. The molecule has 1 atom stereocenters. The monoisotopic (exact) mass is 636 g/mol. The molecule has 1 fully saturated rings. The smallest absolute Gasteiger partial charge is 0.407 e. The number of amides is 3. The number of ether oxygens (including phenoxy) is 1. The molecule has 0 saturated carbocycles. The molecule has 1 unspecified atom stereocenters. The lowest BCUT2D eigenvalue weighted by Crippen LogP contribution is -2.49. The number of ketones is 1. The highest BCUT2D eigenvalue weighted by molar-refractivity contribution is 5.98. The van der Waals surface area contributed by atoms with Crippen molar-refractivity contribution in [3.63, 3.8) is 0 Å². The Kier molecular flexibility index (Phi) is 10.1. The third kappa shape index (κ3) is 7.85. The molecule has 248 valence electrons. The zero-order valence-electron chi connectivity index (χ0n) is 27.8. The maximum Gasteiger partial charge on any atom is 0.407 e. The lowest BCUT2D eigenvalue weighted by Gasteiger charge is -2.34. The van der Waals surface area contributed by atoms with Gasteiger partial charge in [-0.3, -0.25) is 18.7 Å². The van der Waals surface area contributed by atoms with E-state index in [4.69, 9.17) is 9.72 Å². The van der Waals surface area contributed by atoms with Crippen LogP contribution in [0.5, 0.6) is 0 Å². The largest absolute Gasteiger partial charge is 0.444 e. The van der Waals surface area contributed by atoms with Gasteiger partial charge in [0.15, 0.2) is 16.9 Å². The molecule has 4 rings (SSSR count). The van der Waals surface area contributed by atoms with Crippen molar-refractivity contribution in [1.82, 2.24) is 28.9 Å². The van der Waals surface area contributed by atoms with Crippen LogP contribution in [-0.4, -0.2) is 80.3 Å². The molecule has 1 aliphatic rings. The van der Waals surface area contributed by atoms with Gasteiger partial charge in [-0.1, -0.05) is 23.8 Å². The second kappa shape index (κ2) is 13.6. The first-order chi connectivity index (χ1) is 21.6. The Morgan fingerprint density at radius 3 is 2.50 bits per heavy atom. The number of aryl methyl sites for hydroxylation is 1. The van der Waals surface area contributed by atoms with Crippen molar-refractivity contribution in [2.24, 2.45) is 7.05 Å². The lowest BCUT2D eigenvalue weighted by atomic mass is 10.1. The fourth-order valence-corrected chi connectivity index (χ4v) is 5.18. The Morgan fingerprint density at radius 1 is 1.13 bits per heavy atom. The number of benzene rings is 1. The van der Waals surface area contributed by atoms with Crippen LogP contribution in [0.1, 0.15) is 57.8 Å². The van der Waals surface area contributed by atoms with Crippen molar-refractivity contribution in [3.05, 3.63) is 62.3 Å². The van der Waals surface area contributed by atoms with Gasteiger partial charge in [0, 0.05) is 58.1 Å². The van der Waals surface area contributed by atoms with Gasteiger partial charge in [-0.15, -0.1) is 0 Å². The van der Waals surface area contributed by atoms with E-state index >= 15 is 0 Å². The molecular formula is C32H44N8O6. The molecule has 2 N–H and O–H groups in total. The molecule has 0 spiro atoms. The van der Waals surface area contributed by atoms with E-state index in [0.717, 1.165) is 23.0 Å². The van der Waals surface area contributed by atoms with Gasteiger partial charge >= 0.3 is 17.8 Å². The molecule has 0 bridgehead atoms. The number of carbonyl (C=O) groups excluding carboxylic acids is 3. The van der Waals surface area contributed by atoms with Gasteiger partial charge < -0.3 is 29.7 Å². The normalized spacial score (nSPS) is 15.0. The average molecular weight is 637 g/mol. The third-order valence-electron chi connectivity index (χ3n) is 7.46. The topological polar surface area (TPSA) is 153 Å². The number of nitrogens with zero attached hydrogens (tertiary/aromatic N) is 6. The number of fused-ring (bicyclic) bond motifs is 1. The Bertz CT molecular complexity index is 1790. The Morgan fingerprint density at radius 2 is 1.85 bits per heavy atom. The van der Waals surface area contributed by atoms with Gasteiger partial charge in [0.1, 0.15) is 5.60 Å². The predicted molar refractivity (Wildman–Crippen MR) is 177 cm³/mol. The number of Topliss-reactive ketones (excluding diaryl/α,β-unsaturated/α-hetero) is 1. The molecule has 0 aliphatic carbocycles. The average Bonchev–Trinajstić information content (AvgIpc) is 3.36. The number of aromatic nitrogens is 4. The van der Waals surface area contributed by atoms with Gasteiger partial charge in [-0.25, -0.2) is 14.4 Å². The fraction of sp³-hybridized carbons (Fsp3) is 0.500. The second-order valence-corrected chi connectivity index (χ2v) is 13.0. The third-order valence-corrected chi connectivity index (χ3v) is 7.46. The summed E-state index contributed by atoms with van der Waals surface area (Å²) in [5.41, 5.74) is 0.120. The van der Waals surface area contributed by atoms with Gasteiger partial charge in [0.05, 0.1) is 6.54 Å². The summed E-state index contributed by atoms with van der Waals surface area (Å²) < 4.78 is 9.41. The Hall–Kier alpha value is -4.88. The molecule has 3 amide bonds. The van der Waals surface area contributed by atoms with Crippen LogP contribution in [0.3, 0.4) is 0 Å². The zero-order chi connectivity index (χ0) is 33.9. The van der Waals surface area contributed by atoms with Crippen LogP contribution in [0.4, 0.5) is 21.2 Å². The summed E-state index contributed by atoms with van der Waals surface area (Å²) in [6, 6.07) is 5.77. The van der Waals surface area contributed by atoms with Crippen LogP contribution in [0, 0.1) is 0 Å². The van der Waals surface area contributed by atoms with Gasteiger partial charge in [-0.2, -0.15) is 4.98 Å². The molecule has 3 aromatic rings. The van der Waals surface area contributed by atoms with Crippen molar-refractivity contribution >= 4 is 40.7 Å². The number of urea groups is 1. The maximum atomic E-state index is 14.0. The SMILES string of the molecule is CC(C)=CCn1c(N2CCCC(NC(=O)OC(C)(C)C)C2)nc2c1c(=O)n(CC(=O)c1cccc(NC(=O)N(C)C)c1)c(=O)n2C. The highest BCUT2D eigenvalue weighted by atomic mass is 16.6. The van der Waals surface area contributed by atoms with Crippen LogP contribution >= 0.6 is 0 Å². The van der Waals surface area contributed by atoms with Crippen LogP contribution in [-0.2, 0) is 24.9 Å². The van der Waals surface area contributed by atoms with Gasteiger partial charge in [-0.05, 0) is 59.6 Å². The number of nitrogens with one attached hydrogen (secondary N) is 2. The Balaban J connectivity index is 1.72. The summed E-state index contributed by atoms with van der Waals surface area (Å²) in [5.74, 6) is 0.0193. The molecule has 14 nitrogen and oxygen atoms in total. The molecule has 46 heavy (non-hydrogen) atoms. The number of hydrogen-bond donors (Lipinski definition) is 2. The van der Waals surface area contributed by atoms with E-state index in [1.54, 1.807) is 57.6 Å². The predicted octanol–water partition coefficient (Wildman–Crippen LogP) is 3.33. The van der Waals surface area contributed by atoms with Crippen molar-refractivity contribution in [2.45, 2.75) is 72.2 Å². The van der Waals surface area contributed by atoms with E-state index in [2.05, 4.69) is 10.6 Å². The number of piperidine rings is 1. The lowest BCUT2D eigenvalue weighted by molar-refractivity contribution is 0.0499. The first-order valence-corrected chi connectivity index (χ1v) is 15.2. The van der Waals surface area contributed by atoms with E-state index in [9.17, 15) is 24.0 Å². The summed E-state index contributed by atoms with van der Waals surface area (Å²) >= 11 is 0. The first-order valence-electron chi connectivity index (χ1n) is 15.2. The van der Waals surface area contributed by atoms with Crippen molar-refractivity contribution in [1.29, 1.82) is 0 Å². The summed E-state index contributed by atoms with van der Waals surface area (Å²) in [7, 11) is 4.72. The molecule has 1 saturated heterocycles. The summed E-state index contributed by atoms with van der Waals surface area (Å²) in [6.45, 7) is 10.2. The van der Waals surface area contributed by atoms with Crippen LogP contribution in [0.2, 0.25) is 0 Å². The second-order valence-electron chi connectivity index (χ2n) is 13.0. The number of rotatable bonds is 8. The highest BCUT2D eigenvalue weighted by Gasteiger charge is 2.29. The van der Waals surface area contributed by atoms with Crippen molar-refractivity contribution < 1.29 is 19.1 Å². The molecular weight excluding hydrogens is 592 g/mol. The number of anilines is 2. The van der Waals surface area contributed by atoms with Crippen LogP contribution in [0.15, 0.2) is 45.5 Å². The minimum atomic E-state index is -0.676. The Labute approximate surface area is 267 Å². The number of carbonyl (C=O) groups is 3. The number of alkyl carbamates (subject to hydrolysis) is 1. The number of allylic oxidation sites excluding steroid dienone is 2. The first kappa shape index (κ1) is 34.0. The summed E-state index contributed by atoms with van der Waals surface area (Å²) in [5, 5.41) is 5.63. The summed E-state index contributed by atoms with van der Waals surface area (Å²) in [4.78, 5) is 73.6. The van der Waals surface area contributed by atoms with Crippen molar-refractivity contribution in [2.75, 3.05) is 37.4 Å². The quantitative estimate of drug-likeness (QED) is 0.282. The number of imidazole rings is 1. The minimum absolute atomic E-state index is 0.191. The van der Waals surface area contributed by atoms with Crippen LogP contribution in [0.25, 0.3) is 11.2 Å². The van der Waals surface area contributed by atoms with E-state index in [0.29, 0.717) is 31.3 Å². The molecule has 1 aliphatic heterocycles. The zero-order valence-corrected chi connectivity index (χ0v) is 27.8.